The monoisotopic (exact) mass is 405 g/mol. The molecule has 2 N–H and O–H groups in total. The van der Waals surface area contributed by atoms with Gasteiger partial charge in [0.2, 0.25) is 0 Å². The molecule has 9 heteroatoms. The number of nitrogens with one attached hydrogen (secondary N) is 1. The number of hydrogen-bond acceptors (Lipinski definition) is 7. The second kappa shape index (κ2) is 8.38. The Morgan fingerprint density at radius 1 is 1.28 bits per heavy atom. The zero-order valence-corrected chi connectivity index (χ0v) is 16.9. The first-order chi connectivity index (χ1) is 13.8. The number of urea groups is 1. The second-order valence-electron chi connectivity index (χ2n) is 7.68. The van der Waals surface area contributed by atoms with Gasteiger partial charge in [0, 0.05) is 13.0 Å². The van der Waals surface area contributed by atoms with Gasteiger partial charge in [-0.25, -0.2) is 9.69 Å². The number of imide groups is 1. The Labute approximate surface area is 169 Å². The maximum Gasteiger partial charge on any atom is 0.326 e. The van der Waals surface area contributed by atoms with Crippen LogP contribution in [0.15, 0.2) is 24.3 Å². The third-order valence-electron chi connectivity index (χ3n) is 5.60. The van der Waals surface area contributed by atoms with Crippen LogP contribution in [0.3, 0.4) is 0 Å². The second-order valence-corrected chi connectivity index (χ2v) is 7.68. The van der Waals surface area contributed by atoms with E-state index >= 15 is 0 Å². The summed E-state index contributed by atoms with van der Waals surface area (Å²) in [5.74, 6) is -0.0822. The molecule has 0 aromatic heterocycles. The number of aryl methyl sites for hydroxylation is 1. The van der Waals surface area contributed by atoms with Crippen molar-refractivity contribution < 1.29 is 29.0 Å². The van der Waals surface area contributed by atoms with E-state index in [1.165, 1.54) is 7.11 Å². The Bertz CT molecular complexity index is 783. The molecule has 0 bridgehead atoms. The number of rotatable bonds is 7. The Hall–Kier alpha value is -2.65. The number of ether oxygens (including phenoxy) is 2. The lowest BCUT2D eigenvalue weighted by molar-refractivity contribution is -0.147. The van der Waals surface area contributed by atoms with Crippen molar-refractivity contribution >= 4 is 17.9 Å². The summed E-state index contributed by atoms with van der Waals surface area (Å²) in [5.41, 5.74) is -0.00298. The van der Waals surface area contributed by atoms with Crippen molar-refractivity contribution in [2.24, 2.45) is 0 Å². The molecule has 158 valence electrons. The molecule has 3 rings (SSSR count). The predicted molar refractivity (Wildman–Crippen MR) is 103 cm³/mol. The molecule has 29 heavy (non-hydrogen) atoms. The molecule has 2 saturated heterocycles. The molecule has 1 aromatic carbocycles. The minimum absolute atomic E-state index is 0.0698. The molecule has 1 aromatic rings. The van der Waals surface area contributed by atoms with Gasteiger partial charge < -0.3 is 19.9 Å². The highest BCUT2D eigenvalue weighted by Crippen LogP contribution is 2.26. The fourth-order valence-corrected chi connectivity index (χ4v) is 3.83. The van der Waals surface area contributed by atoms with E-state index in [0.717, 1.165) is 16.2 Å². The minimum atomic E-state index is -1.03. The Morgan fingerprint density at radius 3 is 2.59 bits per heavy atom. The minimum Gasteiger partial charge on any atom is -0.497 e. The van der Waals surface area contributed by atoms with Crippen molar-refractivity contribution in [3.63, 3.8) is 0 Å². The van der Waals surface area contributed by atoms with Crippen molar-refractivity contribution in [2.45, 2.75) is 43.9 Å². The molecule has 3 atom stereocenters. The number of methoxy groups -OCH3 is 2. The van der Waals surface area contributed by atoms with Gasteiger partial charge in [-0.1, -0.05) is 12.1 Å². The number of aliphatic hydroxyl groups excluding tert-OH is 1. The highest BCUT2D eigenvalue weighted by Gasteiger charge is 2.49. The lowest BCUT2D eigenvalue weighted by Gasteiger charge is -2.27. The molecule has 9 nitrogen and oxygen atoms in total. The molecule has 3 amide bonds. The number of carbonyl (C=O) groups excluding carboxylic acids is 3. The summed E-state index contributed by atoms with van der Waals surface area (Å²) in [7, 11) is 2.87. The van der Waals surface area contributed by atoms with Crippen molar-refractivity contribution in [3.8, 4) is 5.75 Å². The number of nitrogens with zero attached hydrogens (tertiary/aromatic N) is 2. The normalized spacial score (nSPS) is 27.2. The number of likely N-dealkylation sites (tertiary alicyclic amines) is 1. The van der Waals surface area contributed by atoms with E-state index in [1.807, 2.05) is 24.3 Å². The van der Waals surface area contributed by atoms with Gasteiger partial charge in [0.05, 0.1) is 27.0 Å². The van der Waals surface area contributed by atoms with E-state index in [0.29, 0.717) is 12.8 Å². The first-order valence-corrected chi connectivity index (χ1v) is 9.54. The summed E-state index contributed by atoms with van der Waals surface area (Å²) in [6.45, 7) is 1.83. The summed E-state index contributed by atoms with van der Waals surface area (Å²) in [5, 5.41) is 12.7. The van der Waals surface area contributed by atoms with Gasteiger partial charge in [0.1, 0.15) is 17.3 Å². The van der Waals surface area contributed by atoms with E-state index in [2.05, 4.69) is 5.32 Å². The van der Waals surface area contributed by atoms with Crippen LogP contribution in [0.4, 0.5) is 4.79 Å². The first-order valence-electron chi connectivity index (χ1n) is 9.54. The van der Waals surface area contributed by atoms with E-state index in [4.69, 9.17) is 9.47 Å². The van der Waals surface area contributed by atoms with Crippen molar-refractivity contribution in [1.82, 2.24) is 15.1 Å². The highest BCUT2D eigenvalue weighted by atomic mass is 16.5. The molecule has 2 aliphatic heterocycles. The zero-order valence-electron chi connectivity index (χ0n) is 16.9. The van der Waals surface area contributed by atoms with Crippen LogP contribution in [0.1, 0.15) is 25.3 Å². The standard InChI is InChI=1S/C20H27N3O6/c1-20(9-8-13-4-6-15(28-2)7-5-13)18(26)23(19(27)21-20)12-22-11-14(24)10-16(22)17(25)29-3/h4-7,14,16,24H,8-12H2,1-3H3,(H,21,27)/t14-,16+,20-/m1/s1. The van der Waals surface area contributed by atoms with Crippen LogP contribution in [-0.4, -0.2) is 77.9 Å². The van der Waals surface area contributed by atoms with Crippen molar-refractivity contribution in [2.75, 3.05) is 27.4 Å². The van der Waals surface area contributed by atoms with Crippen LogP contribution in [0.25, 0.3) is 0 Å². The molecule has 0 radical (unpaired) electrons. The van der Waals surface area contributed by atoms with Gasteiger partial charge in [0.25, 0.3) is 5.91 Å². The summed E-state index contributed by atoms with van der Waals surface area (Å²) in [6.07, 6.45) is 0.545. The van der Waals surface area contributed by atoms with Gasteiger partial charge >= 0.3 is 12.0 Å². The van der Waals surface area contributed by atoms with Crippen LogP contribution in [0, 0.1) is 0 Å². The van der Waals surface area contributed by atoms with Gasteiger partial charge in [-0.3, -0.25) is 14.5 Å². The molecule has 2 fully saturated rings. The molecule has 0 spiro atoms. The highest BCUT2D eigenvalue weighted by molar-refractivity contribution is 6.06. The number of amides is 3. The Balaban J connectivity index is 1.65. The van der Waals surface area contributed by atoms with E-state index in [-0.39, 0.29) is 25.5 Å². The molecular formula is C20H27N3O6. The van der Waals surface area contributed by atoms with E-state index in [9.17, 15) is 19.5 Å². The summed E-state index contributed by atoms with van der Waals surface area (Å²) in [4.78, 5) is 40.1. The molecule has 0 unspecified atom stereocenters. The van der Waals surface area contributed by atoms with Gasteiger partial charge in [0.15, 0.2) is 0 Å². The number of aliphatic hydroxyl groups is 1. The largest absolute Gasteiger partial charge is 0.497 e. The maximum atomic E-state index is 13.0. The van der Waals surface area contributed by atoms with Gasteiger partial charge in [-0.2, -0.15) is 0 Å². The van der Waals surface area contributed by atoms with E-state index < -0.39 is 29.7 Å². The molecule has 2 aliphatic rings. The van der Waals surface area contributed by atoms with Crippen molar-refractivity contribution in [1.29, 1.82) is 0 Å². The molecular weight excluding hydrogens is 378 g/mol. The topological polar surface area (TPSA) is 108 Å². The van der Waals surface area contributed by atoms with Crippen LogP contribution in [-0.2, 0) is 20.7 Å². The number of hydrogen-bond donors (Lipinski definition) is 2. The molecule has 2 heterocycles. The lowest BCUT2D eigenvalue weighted by atomic mass is 9.93. The number of carbonyl (C=O) groups is 3. The smallest absolute Gasteiger partial charge is 0.326 e. The van der Waals surface area contributed by atoms with Gasteiger partial charge in [-0.05, 0) is 37.5 Å². The fourth-order valence-electron chi connectivity index (χ4n) is 3.83. The van der Waals surface area contributed by atoms with Crippen LogP contribution in [0.5, 0.6) is 5.75 Å². The lowest BCUT2D eigenvalue weighted by Crippen LogP contribution is -2.48. The zero-order chi connectivity index (χ0) is 21.2. The number of β-amino-alcohol motifs (C(OH)–C–C–N with tert-alkyl or cyclic N) is 1. The summed E-state index contributed by atoms with van der Waals surface area (Å²) in [6, 6.07) is 6.37. The summed E-state index contributed by atoms with van der Waals surface area (Å²) >= 11 is 0. The molecule has 0 aliphatic carbocycles. The average Bonchev–Trinajstić information content (AvgIpc) is 3.18. The van der Waals surface area contributed by atoms with Crippen LogP contribution in [0.2, 0.25) is 0 Å². The van der Waals surface area contributed by atoms with Crippen LogP contribution < -0.4 is 10.1 Å². The first kappa shape index (κ1) is 21.1. The average molecular weight is 405 g/mol. The Morgan fingerprint density at radius 2 is 1.97 bits per heavy atom. The number of benzene rings is 1. The van der Waals surface area contributed by atoms with Crippen molar-refractivity contribution in [3.05, 3.63) is 29.8 Å². The third kappa shape index (κ3) is 4.35. The maximum absolute atomic E-state index is 13.0. The Kier molecular flexibility index (Phi) is 6.09. The van der Waals surface area contributed by atoms with E-state index in [1.54, 1.807) is 18.9 Å². The SMILES string of the molecule is COC(=O)[C@@H]1C[C@@H](O)CN1CN1C(=O)N[C@](C)(CCc2ccc(OC)cc2)C1=O. The predicted octanol–water partition coefficient (Wildman–Crippen LogP) is 0.504. The third-order valence-corrected chi connectivity index (χ3v) is 5.60. The fraction of sp³-hybridized carbons (Fsp3) is 0.550. The van der Waals surface area contributed by atoms with Crippen LogP contribution >= 0.6 is 0 Å². The summed E-state index contributed by atoms with van der Waals surface area (Å²) < 4.78 is 9.91. The number of esters is 1. The molecule has 0 saturated carbocycles. The quantitative estimate of drug-likeness (QED) is 0.502. The van der Waals surface area contributed by atoms with Gasteiger partial charge in [-0.15, -0.1) is 0 Å².